The maximum absolute atomic E-state index is 2.71. The van der Waals surface area contributed by atoms with Gasteiger partial charge < -0.3 is 0 Å². The molecule has 0 amide bonds. The Morgan fingerprint density at radius 2 is 1.28 bits per heavy atom. The zero-order chi connectivity index (χ0) is 32.9. The Hall–Kier alpha value is -2.63. The van der Waals surface area contributed by atoms with E-state index in [0.717, 1.165) is 0 Å². The van der Waals surface area contributed by atoms with Crippen LogP contribution in [0.4, 0.5) is 0 Å². The van der Waals surface area contributed by atoms with Crippen molar-refractivity contribution in [1.82, 2.24) is 0 Å². The third kappa shape index (κ3) is 4.98. The van der Waals surface area contributed by atoms with Gasteiger partial charge in [0.05, 0.1) is 0 Å². The zero-order valence-corrected chi connectivity index (χ0v) is 32.5. The molecule has 4 aliphatic rings. The van der Waals surface area contributed by atoms with Crippen molar-refractivity contribution in [1.29, 1.82) is 0 Å². The minimum absolute atomic E-state index is 0.0525. The van der Waals surface area contributed by atoms with Crippen LogP contribution in [0.15, 0.2) is 87.8 Å². The third-order valence-electron chi connectivity index (χ3n) is 11.5. The molecular weight excluding hydrogens is 632 g/mol. The second-order valence-electron chi connectivity index (χ2n) is 16.8. The second-order valence-corrected chi connectivity index (χ2v) is 23.5. The second kappa shape index (κ2) is 11.0. The molecule has 0 radical (unpaired) electrons. The van der Waals surface area contributed by atoms with Crippen LogP contribution in [0.25, 0.3) is 22.3 Å². The van der Waals surface area contributed by atoms with Crippen molar-refractivity contribution >= 4 is 14.4 Å². The fourth-order valence-corrected chi connectivity index (χ4v) is 18.3. The number of fused-ring (bicyclic) bond motifs is 5. The van der Waals surface area contributed by atoms with Crippen molar-refractivity contribution in [2.75, 3.05) is 0 Å². The Morgan fingerprint density at radius 3 is 1.76 bits per heavy atom. The summed E-state index contributed by atoms with van der Waals surface area (Å²) in [6.45, 7) is 26.4. The van der Waals surface area contributed by atoms with Crippen LogP contribution in [0.3, 0.4) is 0 Å². The molecule has 0 heterocycles. The number of rotatable bonds is 5. The monoisotopic (exact) mass is 682 g/mol. The van der Waals surface area contributed by atoms with Crippen LogP contribution in [0.5, 0.6) is 0 Å². The summed E-state index contributed by atoms with van der Waals surface area (Å²) in [5, 5.41) is 0. The van der Waals surface area contributed by atoms with Gasteiger partial charge in [0.1, 0.15) is 0 Å². The molecule has 46 heavy (non-hydrogen) atoms. The Bertz CT molecular complexity index is 1860. The number of allylic oxidation sites excluding steroid dienone is 8. The van der Waals surface area contributed by atoms with E-state index in [1.165, 1.54) is 62.9 Å². The average Bonchev–Trinajstić information content (AvgIpc) is 3.67. The van der Waals surface area contributed by atoms with E-state index in [9.17, 15) is 0 Å². The van der Waals surface area contributed by atoms with Crippen molar-refractivity contribution in [3.63, 3.8) is 0 Å². The summed E-state index contributed by atoms with van der Waals surface area (Å²) in [5.41, 5.74) is 18.3. The molecule has 1 unspecified atom stereocenters. The van der Waals surface area contributed by atoms with Gasteiger partial charge in [-0.3, -0.25) is 0 Å². The molecule has 7 rings (SSSR count). The third-order valence-corrected chi connectivity index (χ3v) is 19.9. The average molecular weight is 684 g/mol. The van der Waals surface area contributed by atoms with Crippen LogP contribution in [-0.4, -0.2) is 3.21 Å². The first-order chi connectivity index (χ1) is 21.6. The molecule has 0 saturated carbocycles. The van der Waals surface area contributed by atoms with E-state index in [4.69, 9.17) is 0 Å². The Labute approximate surface area is 286 Å². The van der Waals surface area contributed by atoms with E-state index in [0.29, 0.717) is 9.54 Å². The molecule has 1 heteroatoms. The summed E-state index contributed by atoms with van der Waals surface area (Å²) < 4.78 is 3.95. The summed E-state index contributed by atoms with van der Waals surface area (Å²) in [7, 11) is 0. The summed E-state index contributed by atoms with van der Waals surface area (Å²) in [6.07, 6.45) is 12.8. The van der Waals surface area contributed by atoms with Gasteiger partial charge in [-0.05, 0) is 0 Å². The van der Waals surface area contributed by atoms with Gasteiger partial charge >= 0.3 is 288 Å². The van der Waals surface area contributed by atoms with E-state index >= 15 is 0 Å². The van der Waals surface area contributed by atoms with E-state index in [-0.39, 0.29) is 16.2 Å². The van der Waals surface area contributed by atoms with Crippen molar-refractivity contribution < 1.29 is 21.3 Å². The summed E-state index contributed by atoms with van der Waals surface area (Å²) >= 11 is -2.68. The topological polar surface area (TPSA) is 0 Å². The van der Waals surface area contributed by atoms with Crippen LogP contribution >= 0.6 is 0 Å². The van der Waals surface area contributed by atoms with Gasteiger partial charge in [-0.15, -0.1) is 0 Å². The molecule has 0 aromatic heterocycles. The molecule has 3 aromatic carbocycles. The predicted octanol–water partition coefficient (Wildman–Crippen LogP) is 12.3. The molecule has 236 valence electrons. The first-order valence-electron chi connectivity index (χ1n) is 17.6. The Morgan fingerprint density at radius 1 is 0.761 bits per heavy atom. The molecule has 0 spiro atoms. The van der Waals surface area contributed by atoms with Crippen molar-refractivity contribution in [3.05, 3.63) is 127 Å². The fourth-order valence-electron chi connectivity index (χ4n) is 9.13. The van der Waals surface area contributed by atoms with E-state index < -0.39 is 21.3 Å². The van der Waals surface area contributed by atoms with Crippen molar-refractivity contribution in [3.8, 4) is 11.1 Å². The normalized spacial score (nSPS) is 21.2. The summed E-state index contributed by atoms with van der Waals surface area (Å²) in [4.78, 5) is 0. The molecule has 0 aliphatic heterocycles. The molecule has 0 bridgehead atoms. The Kier molecular flexibility index (Phi) is 7.61. The summed E-state index contributed by atoms with van der Waals surface area (Å²) in [5.74, 6) is 0.546. The van der Waals surface area contributed by atoms with Gasteiger partial charge in [0.2, 0.25) is 0 Å². The molecule has 0 nitrogen and oxygen atoms in total. The van der Waals surface area contributed by atoms with Gasteiger partial charge in [0, 0.05) is 0 Å². The van der Waals surface area contributed by atoms with E-state index in [1.54, 1.807) is 19.9 Å². The number of hydrogen-bond acceptors (Lipinski definition) is 0. The standard InChI is InChI=1S/C25H25.C12H19.C8H8.Zr/c1-14-12-24(3,4)22-8-16-7-17-9-23-19(15(2)13-25(23,5)6)11-21(17)20(16)10-18(14)22;1-5-6-10-7-8-11(9-10)12(2,3)4;1-2-8-6-4-3-5-7-8;/h7-13H,1-6H3;8-10H,5-6H2,1-4H3;3-7H,1H3;. The SMILES string of the molecule is CCCC1C=C(C(C)(C)C)C=[C]1[Zr](=[C](C)c1ccccc1)[CH]1c2cc3c(cc2-c2cc4c(cc21)C(C)(C)C=C4C)C(C)=CC3(C)C. The zero-order valence-electron chi connectivity index (χ0n) is 30.1. The molecule has 0 N–H and O–H groups in total. The molecule has 1 atom stereocenters. The van der Waals surface area contributed by atoms with Crippen LogP contribution in [-0.2, 0) is 32.1 Å². The molecule has 0 fully saturated rings. The van der Waals surface area contributed by atoms with Crippen LogP contribution in [0, 0.1) is 11.3 Å². The van der Waals surface area contributed by atoms with Crippen LogP contribution in [0.1, 0.15) is 132 Å². The quantitative estimate of drug-likeness (QED) is 0.251. The predicted molar refractivity (Wildman–Crippen MR) is 197 cm³/mol. The fraction of sp³-hybridized carbons (Fsp3) is 0.400. The molecule has 3 aromatic rings. The van der Waals surface area contributed by atoms with Crippen LogP contribution < -0.4 is 0 Å². The molecular formula is C45H52Zr. The van der Waals surface area contributed by atoms with Crippen LogP contribution in [0.2, 0.25) is 0 Å². The Balaban J connectivity index is 1.57. The minimum atomic E-state index is -2.68. The number of hydrogen-bond donors (Lipinski definition) is 0. The first kappa shape index (κ1) is 31.9. The number of benzene rings is 3. The van der Waals surface area contributed by atoms with Gasteiger partial charge in [-0.25, -0.2) is 0 Å². The van der Waals surface area contributed by atoms with E-state index in [1.807, 2.05) is 3.28 Å². The molecule has 0 saturated heterocycles. The van der Waals surface area contributed by atoms with Gasteiger partial charge in [0.25, 0.3) is 0 Å². The van der Waals surface area contributed by atoms with Gasteiger partial charge in [-0.1, -0.05) is 0 Å². The van der Waals surface area contributed by atoms with Gasteiger partial charge in [-0.2, -0.15) is 0 Å². The maximum atomic E-state index is 2.71. The summed E-state index contributed by atoms with van der Waals surface area (Å²) in [6, 6.07) is 22.0. The first-order valence-corrected chi connectivity index (χ1v) is 21.5. The van der Waals surface area contributed by atoms with Gasteiger partial charge in [0.15, 0.2) is 0 Å². The van der Waals surface area contributed by atoms with E-state index in [2.05, 4.69) is 155 Å². The molecule has 4 aliphatic carbocycles. The van der Waals surface area contributed by atoms with Crippen molar-refractivity contribution in [2.45, 2.75) is 103 Å². The van der Waals surface area contributed by atoms with Crippen molar-refractivity contribution in [2.24, 2.45) is 11.3 Å².